The summed E-state index contributed by atoms with van der Waals surface area (Å²) in [5.74, 6) is -0.0594. The van der Waals surface area contributed by atoms with Gasteiger partial charge >= 0.3 is 6.18 Å². The minimum absolute atomic E-state index is 0.0209. The van der Waals surface area contributed by atoms with Crippen LogP contribution in [0.5, 0.6) is 0 Å². The van der Waals surface area contributed by atoms with Crippen molar-refractivity contribution in [3.8, 4) is 12.1 Å². The number of hydrogen-bond acceptors (Lipinski definition) is 8. The summed E-state index contributed by atoms with van der Waals surface area (Å²) in [6.45, 7) is 3.29. The predicted octanol–water partition coefficient (Wildman–Crippen LogP) is 6.51. The number of halogens is 4. The standard InChI is InChI=1S/C31H29F4N9/c1-17-22(6-7-25(32)40-17)28(24-15-44(43-42-24)30(8-9-30)20-4-5-20)41-21-10-18(12-36)26-23(11-21)27(19(13-37)14-38-26)39-16-29(2,3)31(33,34)35/h6-7,10-11,14-15,20,28,41H,4-5,8-9,16H2,1-3H3,(H,38,39)/t28-/m0/s1. The van der Waals surface area contributed by atoms with Crippen molar-refractivity contribution in [2.24, 2.45) is 11.3 Å². The first-order chi connectivity index (χ1) is 20.9. The number of aryl methyl sites for hydroxylation is 1. The van der Waals surface area contributed by atoms with Crippen LogP contribution in [-0.2, 0) is 5.54 Å². The molecule has 0 amide bonds. The summed E-state index contributed by atoms with van der Waals surface area (Å²) >= 11 is 0. The van der Waals surface area contributed by atoms with E-state index < -0.39 is 30.1 Å². The molecule has 1 aromatic carbocycles. The van der Waals surface area contributed by atoms with Crippen molar-refractivity contribution in [3.05, 3.63) is 70.7 Å². The lowest BCUT2D eigenvalue weighted by Gasteiger charge is -2.28. The third-order valence-electron chi connectivity index (χ3n) is 8.76. The quantitative estimate of drug-likeness (QED) is 0.164. The monoisotopic (exact) mass is 603 g/mol. The number of nitriles is 2. The molecule has 2 N–H and O–H groups in total. The van der Waals surface area contributed by atoms with Crippen LogP contribution in [-0.4, -0.2) is 37.7 Å². The van der Waals surface area contributed by atoms with Crippen LogP contribution in [0, 0.1) is 46.9 Å². The summed E-state index contributed by atoms with van der Waals surface area (Å²) in [6, 6.07) is 9.49. The normalized spacial score (nSPS) is 16.7. The van der Waals surface area contributed by atoms with E-state index in [0.29, 0.717) is 33.9 Å². The fourth-order valence-electron chi connectivity index (χ4n) is 5.68. The van der Waals surface area contributed by atoms with Gasteiger partial charge in [0.15, 0.2) is 0 Å². The average Bonchev–Trinajstić information content (AvgIpc) is 3.91. The molecule has 2 aliphatic rings. The maximum absolute atomic E-state index is 14.0. The average molecular weight is 604 g/mol. The molecule has 13 heteroatoms. The van der Waals surface area contributed by atoms with E-state index in [4.69, 9.17) is 0 Å². The predicted molar refractivity (Wildman–Crippen MR) is 154 cm³/mol. The van der Waals surface area contributed by atoms with Crippen molar-refractivity contribution >= 4 is 22.3 Å². The number of alkyl halides is 3. The van der Waals surface area contributed by atoms with Gasteiger partial charge in [-0.1, -0.05) is 11.3 Å². The Morgan fingerprint density at radius 3 is 2.45 bits per heavy atom. The Bertz CT molecular complexity index is 1840. The molecule has 3 aromatic heterocycles. The number of anilines is 2. The fourth-order valence-corrected chi connectivity index (χ4v) is 5.68. The van der Waals surface area contributed by atoms with Gasteiger partial charge in [-0.05, 0) is 70.6 Å². The summed E-state index contributed by atoms with van der Waals surface area (Å²) in [5, 5.41) is 35.2. The van der Waals surface area contributed by atoms with Crippen molar-refractivity contribution in [2.45, 2.75) is 64.2 Å². The van der Waals surface area contributed by atoms with Crippen LogP contribution < -0.4 is 10.6 Å². The van der Waals surface area contributed by atoms with Gasteiger partial charge in [-0.15, -0.1) is 5.10 Å². The van der Waals surface area contributed by atoms with E-state index in [1.54, 1.807) is 25.1 Å². The molecule has 4 aromatic rings. The van der Waals surface area contributed by atoms with Gasteiger partial charge in [0, 0.05) is 35.1 Å². The molecule has 226 valence electrons. The molecule has 6 rings (SSSR count). The molecular weight excluding hydrogens is 574 g/mol. The lowest BCUT2D eigenvalue weighted by molar-refractivity contribution is -0.206. The number of rotatable bonds is 9. The SMILES string of the molecule is Cc1nc(F)ccc1[C@H](Nc1cc(C#N)c2ncc(C#N)c(NCC(C)(C)C(F)(F)F)c2c1)c1cn(C2(C3CC3)CC2)nn1. The molecule has 2 aliphatic carbocycles. The summed E-state index contributed by atoms with van der Waals surface area (Å²) in [5.41, 5.74) is 0.439. The largest absolute Gasteiger partial charge is 0.395 e. The van der Waals surface area contributed by atoms with Crippen molar-refractivity contribution in [3.63, 3.8) is 0 Å². The first-order valence-electron chi connectivity index (χ1n) is 14.3. The third-order valence-corrected chi connectivity index (χ3v) is 8.76. The number of hydrogen-bond donors (Lipinski definition) is 2. The van der Waals surface area contributed by atoms with E-state index in [2.05, 4.69) is 37.0 Å². The zero-order valence-electron chi connectivity index (χ0n) is 24.3. The zero-order chi connectivity index (χ0) is 31.4. The van der Waals surface area contributed by atoms with Crippen molar-refractivity contribution in [1.82, 2.24) is 25.0 Å². The Balaban J connectivity index is 1.44. The van der Waals surface area contributed by atoms with Crippen molar-refractivity contribution in [2.75, 3.05) is 17.2 Å². The molecule has 2 fully saturated rings. The van der Waals surface area contributed by atoms with Gasteiger partial charge < -0.3 is 10.6 Å². The topological polar surface area (TPSA) is 128 Å². The van der Waals surface area contributed by atoms with Gasteiger partial charge in [0.05, 0.1) is 45.5 Å². The molecule has 0 saturated heterocycles. The molecule has 2 saturated carbocycles. The van der Waals surface area contributed by atoms with Crippen LogP contribution in [0.1, 0.15) is 73.7 Å². The minimum atomic E-state index is -4.50. The van der Waals surface area contributed by atoms with E-state index in [0.717, 1.165) is 39.5 Å². The van der Waals surface area contributed by atoms with Gasteiger partial charge in [0.2, 0.25) is 5.95 Å². The maximum atomic E-state index is 14.0. The highest BCUT2D eigenvalue weighted by molar-refractivity contribution is 5.99. The highest BCUT2D eigenvalue weighted by Gasteiger charge is 2.56. The van der Waals surface area contributed by atoms with Gasteiger partial charge in [0.1, 0.15) is 17.8 Å². The Morgan fingerprint density at radius 2 is 1.84 bits per heavy atom. The molecule has 0 radical (unpaired) electrons. The smallest absolute Gasteiger partial charge is 0.382 e. The Labute approximate surface area is 250 Å². The Morgan fingerprint density at radius 1 is 1.11 bits per heavy atom. The van der Waals surface area contributed by atoms with Gasteiger partial charge in [-0.25, -0.2) is 9.67 Å². The lowest BCUT2D eigenvalue weighted by Crippen LogP contribution is -2.38. The highest BCUT2D eigenvalue weighted by atomic mass is 19.4. The molecule has 0 unspecified atom stereocenters. The molecule has 1 atom stereocenters. The van der Waals surface area contributed by atoms with E-state index in [9.17, 15) is 28.1 Å². The third kappa shape index (κ3) is 5.17. The summed E-state index contributed by atoms with van der Waals surface area (Å²) < 4.78 is 56.9. The van der Waals surface area contributed by atoms with Crippen LogP contribution in [0.3, 0.4) is 0 Å². The summed E-state index contributed by atoms with van der Waals surface area (Å²) in [7, 11) is 0. The molecule has 3 heterocycles. The lowest BCUT2D eigenvalue weighted by atomic mass is 9.92. The van der Waals surface area contributed by atoms with Gasteiger partial charge in [0.25, 0.3) is 0 Å². The Kier molecular flexibility index (Phi) is 6.95. The Hall–Kier alpha value is -4.78. The molecular formula is C31H29F4N9. The molecule has 0 bridgehead atoms. The number of fused-ring (bicyclic) bond motifs is 1. The van der Waals surface area contributed by atoms with Crippen LogP contribution in [0.15, 0.2) is 36.7 Å². The zero-order valence-corrected chi connectivity index (χ0v) is 24.3. The fraction of sp³-hybridized carbons (Fsp3) is 0.419. The number of nitrogens with one attached hydrogen (secondary N) is 2. The van der Waals surface area contributed by atoms with E-state index >= 15 is 0 Å². The second kappa shape index (κ2) is 10.4. The number of nitrogens with zero attached hydrogens (tertiary/aromatic N) is 7. The van der Waals surface area contributed by atoms with E-state index in [1.807, 2.05) is 16.9 Å². The number of benzene rings is 1. The van der Waals surface area contributed by atoms with Crippen LogP contribution >= 0.6 is 0 Å². The molecule has 9 nitrogen and oxygen atoms in total. The summed E-state index contributed by atoms with van der Waals surface area (Å²) in [4.78, 5) is 8.28. The van der Waals surface area contributed by atoms with Crippen molar-refractivity contribution in [1.29, 1.82) is 10.5 Å². The summed E-state index contributed by atoms with van der Waals surface area (Å²) in [6.07, 6.45) is 3.00. The highest BCUT2D eigenvalue weighted by Crippen LogP contribution is 2.59. The minimum Gasteiger partial charge on any atom is -0.382 e. The van der Waals surface area contributed by atoms with E-state index in [1.165, 1.54) is 12.3 Å². The van der Waals surface area contributed by atoms with Crippen molar-refractivity contribution < 1.29 is 17.6 Å². The van der Waals surface area contributed by atoms with Crippen LogP contribution in [0.4, 0.5) is 28.9 Å². The second-order valence-electron chi connectivity index (χ2n) is 12.3. The molecule has 0 aliphatic heterocycles. The van der Waals surface area contributed by atoms with Gasteiger partial charge in [-0.3, -0.25) is 4.98 Å². The first kappa shape index (κ1) is 29.3. The molecule has 44 heavy (non-hydrogen) atoms. The van der Waals surface area contributed by atoms with Crippen LogP contribution in [0.2, 0.25) is 0 Å². The van der Waals surface area contributed by atoms with Crippen LogP contribution in [0.25, 0.3) is 10.9 Å². The number of pyridine rings is 2. The second-order valence-corrected chi connectivity index (χ2v) is 12.3. The first-order valence-corrected chi connectivity index (χ1v) is 14.3. The van der Waals surface area contributed by atoms with E-state index in [-0.39, 0.29) is 27.9 Å². The van der Waals surface area contributed by atoms with Gasteiger partial charge in [-0.2, -0.15) is 28.1 Å². The maximum Gasteiger partial charge on any atom is 0.395 e. The molecule has 0 spiro atoms. The number of aromatic nitrogens is 5.